The minimum absolute atomic E-state index is 0.0828. The summed E-state index contributed by atoms with van der Waals surface area (Å²) < 4.78 is 5.08. The predicted octanol–water partition coefficient (Wildman–Crippen LogP) is 1.80. The van der Waals surface area contributed by atoms with E-state index in [1.54, 1.807) is 25.4 Å². The van der Waals surface area contributed by atoms with E-state index in [4.69, 9.17) is 4.42 Å². The minimum atomic E-state index is -0.139. The Bertz CT molecular complexity index is 473. The molecule has 0 spiro atoms. The van der Waals surface area contributed by atoms with Crippen molar-refractivity contribution in [2.45, 2.75) is 19.9 Å². The standard InChI is InChI=1S/C11H13N3O2/c1-7(9-5-12-13-6-9)14-11(15)10-3-4-16-8(10)2/h3-7H,1-2H3,(H,12,13)(H,14,15). The highest BCUT2D eigenvalue weighted by Gasteiger charge is 2.15. The number of aryl methyl sites for hydroxylation is 1. The Labute approximate surface area is 92.9 Å². The summed E-state index contributed by atoms with van der Waals surface area (Å²) in [5.74, 6) is 0.483. The number of hydrogen-bond donors (Lipinski definition) is 2. The summed E-state index contributed by atoms with van der Waals surface area (Å²) in [4.78, 5) is 11.8. The number of nitrogens with zero attached hydrogens (tertiary/aromatic N) is 1. The number of rotatable bonds is 3. The van der Waals surface area contributed by atoms with Crippen LogP contribution in [0.4, 0.5) is 0 Å². The lowest BCUT2D eigenvalue weighted by Crippen LogP contribution is -2.26. The van der Waals surface area contributed by atoms with Crippen LogP contribution in [0.25, 0.3) is 0 Å². The molecule has 2 aromatic rings. The van der Waals surface area contributed by atoms with Gasteiger partial charge in [0.25, 0.3) is 5.91 Å². The van der Waals surface area contributed by atoms with Crippen molar-refractivity contribution in [2.24, 2.45) is 0 Å². The molecule has 1 unspecified atom stereocenters. The third-order valence-electron chi connectivity index (χ3n) is 2.47. The number of aromatic nitrogens is 2. The molecule has 2 heterocycles. The molecule has 16 heavy (non-hydrogen) atoms. The van der Waals surface area contributed by atoms with Crippen LogP contribution in [0.1, 0.15) is 34.6 Å². The molecule has 1 atom stereocenters. The summed E-state index contributed by atoms with van der Waals surface area (Å²) in [5.41, 5.74) is 1.50. The number of H-pyrrole nitrogens is 1. The van der Waals surface area contributed by atoms with Crippen LogP contribution in [-0.2, 0) is 0 Å². The first kappa shape index (κ1) is 10.5. The fourth-order valence-corrected chi connectivity index (χ4v) is 1.48. The first-order valence-electron chi connectivity index (χ1n) is 5.02. The summed E-state index contributed by atoms with van der Waals surface area (Å²) >= 11 is 0. The van der Waals surface area contributed by atoms with Gasteiger partial charge in [-0.3, -0.25) is 9.89 Å². The smallest absolute Gasteiger partial charge is 0.255 e. The number of aromatic amines is 1. The Balaban J connectivity index is 2.06. The van der Waals surface area contributed by atoms with Crippen LogP contribution in [0.3, 0.4) is 0 Å². The quantitative estimate of drug-likeness (QED) is 0.826. The lowest BCUT2D eigenvalue weighted by Gasteiger charge is -2.11. The summed E-state index contributed by atoms with van der Waals surface area (Å²) in [6, 6.07) is 1.58. The van der Waals surface area contributed by atoms with E-state index in [0.29, 0.717) is 11.3 Å². The Kier molecular flexibility index (Phi) is 2.76. The largest absolute Gasteiger partial charge is 0.469 e. The van der Waals surface area contributed by atoms with Crippen LogP contribution in [0.2, 0.25) is 0 Å². The maximum atomic E-state index is 11.8. The number of furan rings is 1. The highest BCUT2D eigenvalue weighted by atomic mass is 16.3. The minimum Gasteiger partial charge on any atom is -0.469 e. The van der Waals surface area contributed by atoms with Crippen molar-refractivity contribution < 1.29 is 9.21 Å². The molecule has 0 aliphatic rings. The molecule has 0 bridgehead atoms. The monoisotopic (exact) mass is 219 g/mol. The van der Waals surface area contributed by atoms with Crippen LogP contribution >= 0.6 is 0 Å². The fraction of sp³-hybridized carbons (Fsp3) is 0.273. The van der Waals surface area contributed by atoms with Gasteiger partial charge in [-0.15, -0.1) is 0 Å². The summed E-state index contributed by atoms with van der Waals surface area (Å²) in [7, 11) is 0. The van der Waals surface area contributed by atoms with Crippen LogP contribution in [0.5, 0.6) is 0 Å². The zero-order chi connectivity index (χ0) is 11.5. The molecular weight excluding hydrogens is 206 g/mol. The molecule has 0 aliphatic carbocycles. The van der Waals surface area contributed by atoms with Crippen LogP contribution in [0, 0.1) is 6.92 Å². The SMILES string of the molecule is Cc1occc1C(=O)NC(C)c1cn[nH]c1. The molecule has 2 aromatic heterocycles. The molecule has 0 saturated heterocycles. The van der Waals surface area contributed by atoms with Crippen molar-refractivity contribution in [1.82, 2.24) is 15.5 Å². The van der Waals surface area contributed by atoms with Gasteiger partial charge < -0.3 is 9.73 Å². The van der Waals surface area contributed by atoms with E-state index in [9.17, 15) is 4.79 Å². The van der Waals surface area contributed by atoms with Gasteiger partial charge >= 0.3 is 0 Å². The average Bonchev–Trinajstić information content (AvgIpc) is 2.86. The number of nitrogens with one attached hydrogen (secondary N) is 2. The third-order valence-corrected chi connectivity index (χ3v) is 2.47. The molecule has 0 radical (unpaired) electrons. The lowest BCUT2D eigenvalue weighted by atomic mass is 10.1. The second-order valence-electron chi connectivity index (χ2n) is 3.62. The zero-order valence-electron chi connectivity index (χ0n) is 9.15. The van der Waals surface area contributed by atoms with Gasteiger partial charge in [0.05, 0.1) is 24.1 Å². The molecule has 84 valence electrons. The van der Waals surface area contributed by atoms with E-state index in [0.717, 1.165) is 5.56 Å². The maximum Gasteiger partial charge on any atom is 0.255 e. The maximum absolute atomic E-state index is 11.8. The number of amides is 1. The van der Waals surface area contributed by atoms with E-state index in [2.05, 4.69) is 15.5 Å². The van der Waals surface area contributed by atoms with Crippen molar-refractivity contribution in [1.29, 1.82) is 0 Å². The van der Waals surface area contributed by atoms with E-state index >= 15 is 0 Å². The zero-order valence-corrected chi connectivity index (χ0v) is 9.15. The highest BCUT2D eigenvalue weighted by Crippen LogP contribution is 2.13. The van der Waals surface area contributed by atoms with Gasteiger partial charge in [-0.2, -0.15) is 5.10 Å². The Morgan fingerprint density at radius 3 is 3.00 bits per heavy atom. The number of carbonyl (C=O) groups excluding carboxylic acids is 1. The number of carbonyl (C=O) groups is 1. The van der Waals surface area contributed by atoms with Crippen LogP contribution < -0.4 is 5.32 Å². The van der Waals surface area contributed by atoms with Gasteiger partial charge in [-0.25, -0.2) is 0 Å². The van der Waals surface area contributed by atoms with Crippen molar-refractivity contribution in [3.05, 3.63) is 41.6 Å². The average molecular weight is 219 g/mol. The second kappa shape index (κ2) is 4.22. The van der Waals surface area contributed by atoms with Crippen molar-refractivity contribution in [3.8, 4) is 0 Å². The molecule has 2 rings (SSSR count). The highest BCUT2D eigenvalue weighted by molar-refractivity contribution is 5.95. The second-order valence-corrected chi connectivity index (χ2v) is 3.62. The van der Waals surface area contributed by atoms with Gasteiger partial charge in [-0.05, 0) is 19.9 Å². The molecule has 0 aromatic carbocycles. The Morgan fingerprint density at radius 2 is 2.44 bits per heavy atom. The van der Waals surface area contributed by atoms with Crippen molar-refractivity contribution in [3.63, 3.8) is 0 Å². The molecule has 0 fully saturated rings. The van der Waals surface area contributed by atoms with Crippen LogP contribution in [-0.4, -0.2) is 16.1 Å². The van der Waals surface area contributed by atoms with E-state index in [-0.39, 0.29) is 11.9 Å². The van der Waals surface area contributed by atoms with E-state index < -0.39 is 0 Å². The first-order valence-corrected chi connectivity index (χ1v) is 5.02. The summed E-state index contributed by atoms with van der Waals surface area (Å²) in [6.45, 7) is 3.66. The lowest BCUT2D eigenvalue weighted by molar-refractivity contribution is 0.0938. The Hall–Kier alpha value is -2.04. The van der Waals surface area contributed by atoms with Gasteiger partial charge in [-0.1, -0.05) is 0 Å². The third kappa shape index (κ3) is 1.98. The predicted molar refractivity (Wildman–Crippen MR) is 57.9 cm³/mol. The first-order chi connectivity index (χ1) is 7.68. The van der Waals surface area contributed by atoms with Gasteiger partial charge in [0.1, 0.15) is 5.76 Å². The number of hydrogen-bond acceptors (Lipinski definition) is 3. The molecule has 2 N–H and O–H groups in total. The Morgan fingerprint density at radius 1 is 1.62 bits per heavy atom. The van der Waals surface area contributed by atoms with E-state index in [1.807, 2.05) is 6.92 Å². The molecule has 5 nitrogen and oxygen atoms in total. The topological polar surface area (TPSA) is 70.9 Å². The fourth-order valence-electron chi connectivity index (χ4n) is 1.48. The van der Waals surface area contributed by atoms with Gasteiger partial charge in [0.15, 0.2) is 0 Å². The van der Waals surface area contributed by atoms with Gasteiger partial charge in [0.2, 0.25) is 0 Å². The molecule has 5 heteroatoms. The van der Waals surface area contributed by atoms with Crippen molar-refractivity contribution >= 4 is 5.91 Å². The molecule has 1 amide bonds. The normalized spacial score (nSPS) is 12.4. The molecule has 0 aliphatic heterocycles. The van der Waals surface area contributed by atoms with Crippen molar-refractivity contribution in [2.75, 3.05) is 0 Å². The van der Waals surface area contributed by atoms with Gasteiger partial charge in [0, 0.05) is 11.8 Å². The van der Waals surface area contributed by atoms with E-state index in [1.165, 1.54) is 6.26 Å². The van der Waals surface area contributed by atoms with Crippen LogP contribution in [0.15, 0.2) is 29.1 Å². The molecule has 0 saturated carbocycles. The summed E-state index contributed by atoms with van der Waals surface area (Å²) in [5, 5.41) is 9.41. The summed E-state index contributed by atoms with van der Waals surface area (Å²) in [6.07, 6.45) is 4.95. The molecular formula is C11H13N3O2.